The van der Waals surface area contributed by atoms with Gasteiger partial charge in [-0.1, -0.05) is 12.1 Å². The second-order valence-corrected chi connectivity index (χ2v) is 4.60. The lowest BCUT2D eigenvalue weighted by Crippen LogP contribution is -2.20. The van der Waals surface area contributed by atoms with E-state index in [4.69, 9.17) is 4.74 Å². The van der Waals surface area contributed by atoms with Crippen molar-refractivity contribution in [3.05, 3.63) is 41.5 Å². The Bertz CT molecular complexity index is 533. The first-order valence-electron chi connectivity index (χ1n) is 6.34. The maximum Gasteiger partial charge on any atom is 0.146 e. The molecule has 1 unspecified atom stereocenters. The Morgan fingerprint density at radius 1 is 1.26 bits per heavy atom. The van der Waals surface area contributed by atoms with Gasteiger partial charge in [0.2, 0.25) is 0 Å². The molecule has 0 amide bonds. The number of methoxy groups -OCH3 is 1. The first kappa shape index (κ1) is 13.5. The second kappa shape index (κ2) is 5.84. The van der Waals surface area contributed by atoms with Crippen LogP contribution >= 0.6 is 0 Å². The molecule has 0 spiro atoms. The van der Waals surface area contributed by atoms with Crippen LogP contribution in [0.25, 0.3) is 0 Å². The molecule has 0 bridgehead atoms. The van der Waals surface area contributed by atoms with Crippen molar-refractivity contribution < 1.29 is 4.74 Å². The van der Waals surface area contributed by atoms with Gasteiger partial charge in [-0.3, -0.25) is 0 Å². The van der Waals surface area contributed by atoms with Gasteiger partial charge >= 0.3 is 0 Å². The molecule has 0 aliphatic rings. The molecule has 1 aromatic heterocycles. The molecule has 0 aliphatic heterocycles. The van der Waals surface area contributed by atoms with E-state index in [2.05, 4.69) is 34.6 Å². The maximum atomic E-state index is 5.15. The van der Waals surface area contributed by atoms with Gasteiger partial charge in [0.05, 0.1) is 13.7 Å². The van der Waals surface area contributed by atoms with Crippen molar-refractivity contribution in [2.24, 2.45) is 7.05 Å². The van der Waals surface area contributed by atoms with Crippen LogP contribution in [0.3, 0.4) is 0 Å². The number of rotatable bonds is 5. The van der Waals surface area contributed by atoms with Gasteiger partial charge in [0, 0.05) is 13.1 Å². The van der Waals surface area contributed by atoms with Crippen LogP contribution in [0.4, 0.5) is 0 Å². The molecule has 5 nitrogen and oxygen atoms in total. The lowest BCUT2D eigenvalue weighted by atomic mass is 10.1. The van der Waals surface area contributed by atoms with Gasteiger partial charge in [0.1, 0.15) is 17.4 Å². The van der Waals surface area contributed by atoms with E-state index in [0.717, 1.165) is 17.4 Å². The van der Waals surface area contributed by atoms with E-state index < -0.39 is 0 Å². The monoisotopic (exact) mass is 260 g/mol. The van der Waals surface area contributed by atoms with Gasteiger partial charge in [-0.05, 0) is 31.5 Å². The van der Waals surface area contributed by atoms with Crippen molar-refractivity contribution in [2.45, 2.75) is 26.4 Å². The molecule has 0 saturated carbocycles. The molecule has 5 heteroatoms. The summed E-state index contributed by atoms with van der Waals surface area (Å²) >= 11 is 0. The molecular weight excluding hydrogens is 240 g/mol. The van der Waals surface area contributed by atoms with Gasteiger partial charge in [-0.15, -0.1) is 10.2 Å². The molecule has 2 rings (SSSR count). The average molecular weight is 260 g/mol. The van der Waals surface area contributed by atoms with E-state index in [0.29, 0.717) is 6.54 Å². The molecule has 0 aliphatic carbocycles. The zero-order valence-corrected chi connectivity index (χ0v) is 11.8. The zero-order chi connectivity index (χ0) is 13.8. The fraction of sp³-hybridized carbons (Fsp3) is 0.429. The maximum absolute atomic E-state index is 5.15. The Kier molecular flexibility index (Phi) is 4.16. The Labute approximate surface area is 113 Å². The summed E-state index contributed by atoms with van der Waals surface area (Å²) < 4.78 is 7.15. The molecule has 0 radical (unpaired) electrons. The number of hydrogen-bond donors (Lipinski definition) is 1. The summed E-state index contributed by atoms with van der Waals surface area (Å²) in [6, 6.07) is 8.33. The summed E-state index contributed by atoms with van der Waals surface area (Å²) in [6.07, 6.45) is 0. The molecule has 1 aromatic carbocycles. The minimum Gasteiger partial charge on any atom is -0.497 e. The quantitative estimate of drug-likeness (QED) is 0.893. The van der Waals surface area contributed by atoms with E-state index in [-0.39, 0.29) is 6.04 Å². The van der Waals surface area contributed by atoms with E-state index in [1.807, 2.05) is 30.7 Å². The highest BCUT2D eigenvalue weighted by molar-refractivity contribution is 5.28. The third-order valence-electron chi connectivity index (χ3n) is 3.36. The topological polar surface area (TPSA) is 52.0 Å². The minimum atomic E-state index is 0.253. The summed E-state index contributed by atoms with van der Waals surface area (Å²) in [6.45, 7) is 4.78. The Hall–Kier alpha value is -1.88. The Morgan fingerprint density at radius 3 is 2.47 bits per heavy atom. The van der Waals surface area contributed by atoms with E-state index in [1.54, 1.807) is 7.11 Å². The van der Waals surface area contributed by atoms with Crippen molar-refractivity contribution in [2.75, 3.05) is 7.11 Å². The SMILES string of the molecule is COc1ccc(C(C)NCc2nnc(C)n2C)cc1. The normalized spacial score (nSPS) is 12.4. The van der Waals surface area contributed by atoms with Gasteiger partial charge < -0.3 is 14.6 Å². The highest BCUT2D eigenvalue weighted by atomic mass is 16.5. The molecule has 102 valence electrons. The number of aromatic nitrogens is 3. The number of aryl methyl sites for hydroxylation is 1. The molecule has 0 saturated heterocycles. The Morgan fingerprint density at radius 2 is 1.95 bits per heavy atom. The van der Waals surface area contributed by atoms with E-state index in [9.17, 15) is 0 Å². The first-order chi connectivity index (χ1) is 9.11. The highest BCUT2D eigenvalue weighted by Gasteiger charge is 2.08. The highest BCUT2D eigenvalue weighted by Crippen LogP contribution is 2.17. The summed E-state index contributed by atoms with van der Waals surface area (Å²) in [5.74, 6) is 2.74. The number of hydrogen-bond acceptors (Lipinski definition) is 4. The third-order valence-corrected chi connectivity index (χ3v) is 3.36. The van der Waals surface area contributed by atoms with Crippen LogP contribution in [0.1, 0.15) is 30.2 Å². The molecule has 1 N–H and O–H groups in total. The summed E-state index contributed by atoms with van der Waals surface area (Å²) in [5, 5.41) is 11.6. The first-order valence-corrected chi connectivity index (χ1v) is 6.34. The van der Waals surface area contributed by atoms with Crippen molar-refractivity contribution >= 4 is 0 Å². The average Bonchev–Trinajstić information content (AvgIpc) is 2.76. The molecule has 1 heterocycles. The van der Waals surface area contributed by atoms with Gasteiger partial charge in [-0.2, -0.15) is 0 Å². The molecule has 1 atom stereocenters. The predicted molar refractivity (Wildman–Crippen MR) is 74.0 cm³/mol. The summed E-state index contributed by atoms with van der Waals surface area (Å²) in [5.41, 5.74) is 1.22. The lowest BCUT2D eigenvalue weighted by molar-refractivity contribution is 0.414. The molecule has 2 aromatic rings. The van der Waals surface area contributed by atoms with Crippen molar-refractivity contribution in [1.82, 2.24) is 20.1 Å². The van der Waals surface area contributed by atoms with E-state index >= 15 is 0 Å². The van der Waals surface area contributed by atoms with Crippen LogP contribution < -0.4 is 10.1 Å². The Balaban J connectivity index is 1.97. The minimum absolute atomic E-state index is 0.253. The van der Waals surface area contributed by atoms with Crippen molar-refractivity contribution in [1.29, 1.82) is 0 Å². The number of nitrogens with one attached hydrogen (secondary N) is 1. The predicted octanol–water partition coefficient (Wildman–Crippen LogP) is 1.98. The van der Waals surface area contributed by atoms with Crippen molar-refractivity contribution in [3.63, 3.8) is 0 Å². The standard InChI is InChI=1S/C14H20N4O/c1-10(12-5-7-13(19-4)8-6-12)15-9-14-17-16-11(2)18(14)3/h5-8,10,15H,9H2,1-4H3. The van der Waals surface area contributed by atoms with Crippen LogP contribution in [0.15, 0.2) is 24.3 Å². The van der Waals surface area contributed by atoms with Crippen LogP contribution in [-0.2, 0) is 13.6 Å². The molecular formula is C14H20N4O. The smallest absolute Gasteiger partial charge is 0.146 e. The van der Waals surface area contributed by atoms with E-state index in [1.165, 1.54) is 5.56 Å². The number of nitrogens with zero attached hydrogens (tertiary/aromatic N) is 3. The fourth-order valence-electron chi connectivity index (χ4n) is 1.86. The van der Waals surface area contributed by atoms with Crippen LogP contribution in [0.5, 0.6) is 5.75 Å². The second-order valence-electron chi connectivity index (χ2n) is 4.60. The number of ether oxygens (including phenoxy) is 1. The van der Waals surface area contributed by atoms with Crippen LogP contribution in [-0.4, -0.2) is 21.9 Å². The largest absolute Gasteiger partial charge is 0.497 e. The van der Waals surface area contributed by atoms with Gasteiger partial charge in [0.15, 0.2) is 0 Å². The number of benzene rings is 1. The zero-order valence-electron chi connectivity index (χ0n) is 11.8. The molecule has 19 heavy (non-hydrogen) atoms. The fourth-order valence-corrected chi connectivity index (χ4v) is 1.86. The van der Waals surface area contributed by atoms with Gasteiger partial charge in [-0.25, -0.2) is 0 Å². The molecule has 0 fully saturated rings. The van der Waals surface area contributed by atoms with Crippen LogP contribution in [0, 0.1) is 6.92 Å². The van der Waals surface area contributed by atoms with Crippen molar-refractivity contribution in [3.8, 4) is 5.75 Å². The summed E-state index contributed by atoms with van der Waals surface area (Å²) in [7, 11) is 3.65. The van der Waals surface area contributed by atoms with Gasteiger partial charge in [0.25, 0.3) is 0 Å². The lowest BCUT2D eigenvalue weighted by Gasteiger charge is -2.14. The van der Waals surface area contributed by atoms with Crippen LogP contribution in [0.2, 0.25) is 0 Å². The third kappa shape index (κ3) is 3.12. The summed E-state index contributed by atoms with van der Waals surface area (Å²) in [4.78, 5) is 0.